The number of halogens is 2. The molecular weight excluding hydrogens is 463 g/mol. The second kappa shape index (κ2) is 9.48. The highest BCUT2D eigenvalue weighted by Crippen LogP contribution is 2.41. The Morgan fingerprint density at radius 2 is 2.00 bits per heavy atom. The van der Waals surface area contributed by atoms with Crippen molar-refractivity contribution in [2.75, 3.05) is 34.3 Å². The molecule has 4 rings (SSSR count). The molecule has 0 radical (unpaired) electrons. The molecule has 1 aliphatic rings. The van der Waals surface area contributed by atoms with Gasteiger partial charge in [-0.3, -0.25) is 9.59 Å². The van der Waals surface area contributed by atoms with Gasteiger partial charge >= 0.3 is 0 Å². The molecule has 1 unspecified atom stereocenters. The average molecular weight is 487 g/mol. The normalized spacial score (nSPS) is 16.2. The van der Waals surface area contributed by atoms with E-state index in [0.717, 1.165) is 0 Å². The van der Waals surface area contributed by atoms with Gasteiger partial charge in [-0.25, -0.2) is 4.39 Å². The highest BCUT2D eigenvalue weighted by atomic mass is 35.5. The van der Waals surface area contributed by atoms with E-state index >= 15 is 0 Å². The van der Waals surface area contributed by atoms with Crippen molar-refractivity contribution in [1.82, 2.24) is 9.80 Å². The standard InChI is InChI=1S/C25H24ClFN2O5/c1-28(2)9-6-10-29-21(16-7-4-5-8-17(16)27)20(23(31)25(29)32)22(30)18-12-14-11-15(26)13-19(33-3)24(14)34-18/h4-5,7-8,11-13,21,31H,6,9-10H2,1-3H3. The van der Waals surface area contributed by atoms with E-state index in [1.165, 1.54) is 36.3 Å². The van der Waals surface area contributed by atoms with Crippen LogP contribution in [0.5, 0.6) is 5.75 Å². The minimum Gasteiger partial charge on any atom is -0.503 e. The first-order chi connectivity index (χ1) is 16.2. The highest BCUT2D eigenvalue weighted by molar-refractivity contribution is 6.31. The minimum absolute atomic E-state index is 0.116. The number of fused-ring (bicyclic) bond motifs is 1. The summed E-state index contributed by atoms with van der Waals surface area (Å²) in [6, 6.07) is 9.41. The number of aliphatic hydroxyl groups excluding tert-OH is 1. The summed E-state index contributed by atoms with van der Waals surface area (Å²) >= 11 is 6.12. The Balaban J connectivity index is 1.79. The van der Waals surface area contributed by atoms with Crippen molar-refractivity contribution < 1.29 is 28.2 Å². The van der Waals surface area contributed by atoms with Gasteiger partial charge in [-0.05, 0) is 45.3 Å². The Kier molecular flexibility index (Phi) is 6.63. The summed E-state index contributed by atoms with van der Waals surface area (Å²) in [6.45, 7) is 0.891. The van der Waals surface area contributed by atoms with Gasteiger partial charge in [0.05, 0.1) is 18.7 Å². The van der Waals surface area contributed by atoms with Gasteiger partial charge < -0.3 is 24.1 Å². The third-order valence-corrected chi connectivity index (χ3v) is 5.96. The van der Waals surface area contributed by atoms with Gasteiger partial charge in [0.1, 0.15) is 5.82 Å². The fraction of sp³-hybridized carbons (Fsp3) is 0.280. The molecule has 178 valence electrons. The molecule has 34 heavy (non-hydrogen) atoms. The van der Waals surface area contributed by atoms with Crippen LogP contribution in [0.2, 0.25) is 5.02 Å². The van der Waals surface area contributed by atoms with Gasteiger partial charge in [0.2, 0.25) is 5.78 Å². The fourth-order valence-corrected chi connectivity index (χ4v) is 4.39. The molecule has 2 heterocycles. The molecular formula is C25H24ClFN2O5. The summed E-state index contributed by atoms with van der Waals surface area (Å²) in [5.41, 5.74) is 0.179. The van der Waals surface area contributed by atoms with Crippen LogP contribution >= 0.6 is 11.6 Å². The number of benzene rings is 2. The van der Waals surface area contributed by atoms with E-state index in [-0.39, 0.29) is 23.4 Å². The zero-order valence-corrected chi connectivity index (χ0v) is 19.7. The number of rotatable bonds is 8. The van der Waals surface area contributed by atoms with Crippen LogP contribution in [0, 0.1) is 5.82 Å². The van der Waals surface area contributed by atoms with Crippen molar-refractivity contribution in [2.24, 2.45) is 0 Å². The van der Waals surface area contributed by atoms with E-state index in [1.807, 2.05) is 19.0 Å². The molecule has 0 fully saturated rings. The molecule has 7 nitrogen and oxygen atoms in total. The molecule has 9 heteroatoms. The molecule has 0 saturated heterocycles. The molecule has 1 atom stereocenters. The number of carbonyl (C=O) groups is 2. The number of amides is 1. The largest absolute Gasteiger partial charge is 0.503 e. The number of hydrogen-bond donors (Lipinski definition) is 1. The monoisotopic (exact) mass is 486 g/mol. The molecule has 3 aromatic rings. The predicted molar refractivity (Wildman–Crippen MR) is 126 cm³/mol. The summed E-state index contributed by atoms with van der Waals surface area (Å²) in [6.07, 6.45) is 0.568. The van der Waals surface area contributed by atoms with Gasteiger partial charge in [0.25, 0.3) is 5.91 Å². The number of carbonyl (C=O) groups excluding carboxylic acids is 2. The van der Waals surface area contributed by atoms with Crippen molar-refractivity contribution in [3.63, 3.8) is 0 Å². The maximum Gasteiger partial charge on any atom is 0.290 e. The third kappa shape index (κ3) is 4.26. The summed E-state index contributed by atoms with van der Waals surface area (Å²) in [4.78, 5) is 29.9. The second-order valence-corrected chi connectivity index (χ2v) is 8.74. The van der Waals surface area contributed by atoms with Gasteiger partial charge in [-0.15, -0.1) is 0 Å². The average Bonchev–Trinajstić information content (AvgIpc) is 3.33. The third-order valence-electron chi connectivity index (χ3n) is 5.74. The number of aliphatic hydroxyl groups is 1. The Hall–Kier alpha value is -3.36. The lowest BCUT2D eigenvalue weighted by Crippen LogP contribution is -2.34. The molecule has 0 aliphatic carbocycles. The zero-order chi connectivity index (χ0) is 24.6. The summed E-state index contributed by atoms with van der Waals surface area (Å²) in [5.74, 6) is -2.54. The Bertz CT molecular complexity index is 1300. The minimum atomic E-state index is -1.10. The van der Waals surface area contributed by atoms with Crippen LogP contribution in [0.1, 0.15) is 28.6 Å². The molecule has 0 bridgehead atoms. The molecule has 2 aromatic carbocycles. The quantitative estimate of drug-likeness (QED) is 0.462. The smallest absolute Gasteiger partial charge is 0.290 e. The van der Waals surface area contributed by atoms with E-state index in [9.17, 15) is 19.1 Å². The highest BCUT2D eigenvalue weighted by Gasteiger charge is 2.45. The maximum absolute atomic E-state index is 14.9. The van der Waals surface area contributed by atoms with Gasteiger partial charge in [0, 0.05) is 28.6 Å². The molecule has 0 spiro atoms. The molecule has 1 aliphatic heterocycles. The van der Waals surface area contributed by atoms with Gasteiger partial charge in [-0.2, -0.15) is 0 Å². The lowest BCUT2D eigenvalue weighted by atomic mass is 9.94. The number of nitrogens with zero attached hydrogens (tertiary/aromatic N) is 2. The molecule has 0 saturated carbocycles. The van der Waals surface area contributed by atoms with Gasteiger partial charge in [-0.1, -0.05) is 29.8 Å². The summed E-state index contributed by atoms with van der Waals surface area (Å²) in [7, 11) is 5.23. The Morgan fingerprint density at radius 3 is 2.68 bits per heavy atom. The van der Waals surface area contributed by atoms with Crippen molar-refractivity contribution in [2.45, 2.75) is 12.5 Å². The van der Waals surface area contributed by atoms with E-state index in [4.69, 9.17) is 20.8 Å². The van der Waals surface area contributed by atoms with Crippen LogP contribution in [-0.2, 0) is 4.79 Å². The van der Waals surface area contributed by atoms with Crippen molar-refractivity contribution in [1.29, 1.82) is 0 Å². The van der Waals surface area contributed by atoms with Crippen LogP contribution in [0.15, 0.2) is 58.2 Å². The lowest BCUT2D eigenvalue weighted by Gasteiger charge is -2.27. The fourth-order valence-electron chi connectivity index (χ4n) is 4.18. The zero-order valence-electron chi connectivity index (χ0n) is 19.0. The van der Waals surface area contributed by atoms with Gasteiger partial charge in [0.15, 0.2) is 22.9 Å². The first kappa shape index (κ1) is 23.8. The number of ether oxygens (including phenoxy) is 1. The number of ketones is 1. The first-order valence-electron chi connectivity index (χ1n) is 10.7. The Morgan fingerprint density at radius 1 is 1.26 bits per heavy atom. The van der Waals surface area contributed by atoms with Crippen LogP contribution in [0.4, 0.5) is 4.39 Å². The molecule has 1 aromatic heterocycles. The number of methoxy groups -OCH3 is 1. The second-order valence-electron chi connectivity index (χ2n) is 8.31. The number of hydrogen-bond acceptors (Lipinski definition) is 6. The van der Waals surface area contributed by atoms with Crippen LogP contribution in [0.25, 0.3) is 11.0 Å². The first-order valence-corrected chi connectivity index (χ1v) is 11.1. The number of furan rings is 1. The number of Topliss-reactive ketones (excluding diaryl/α,β-unsaturated/α-hetero) is 1. The van der Waals surface area contributed by atoms with Crippen LogP contribution in [0.3, 0.4) is 0 Å². The predicted octanol–water partition coefficient (Wildman–Crippen LogP) is 4.76. The van der Waals surface area contributed by atoms with E-state index in [0.29, 0.717) is 34.7 Å². The van der Waals surface area contributed by atoms with E-state index < -0.39 is 29.3 Å². The SMILES string of the molecule is COc1cc(Cl)cc2cc(C(=O)C3=C(O)C(=O)N(CCCN(C)C)C3c3ccccc3F)oc12. The molecule has 1 N–H and O–H groups in total. The van der Waals surface area contributed by atoms with Crippen molar-refractivity contribution in [3.05, 3.63) is 76.0 Å². The lowest BCUT2D eigenvalue weighted by molar-refractivity contribution is -0.129. The maximum atomic E-state index is 14.9. The van der Waals surface area contributed by atoms with Crippen molar-refractivity contribution >= 4 is 34.3 Å². The summed E-state index contributed by atoms with van der Waals surface area (Å²) < 4.78 is 25.9. The van der Waals surface area contributed by atoms with Crippen molar-refractivity contribution in [3.8, 4) is 5.75 Å². The van der Waals surface area contributed by atoms with Crippen LogP contribution < -0.4 is 4.74 Å². The topological polar surface area (TPSA) is 83.2 Å². The summed E-state index contributed by atoms with van der Waals surface area (Å²) in [5, 5.41) is 11.7. The Labute approximate surface area is 201 Å². The van der Waals surface area contributed by atoms with Crippen LogP contribution in [-0.4, -0.2) is 60.9 Å². The van der Waals surface area contributed by atoms with E-state index in [2.05, 4.69) is 0 Å². The van der Waals surface area contributed by atoms with E-state index in [1.54, 1.807) is 18.2 Å². The molecule has 1 amide bonds.